The number of hydrogen-bond donors (Lipinski definition) is 0. The van der Waals surface area contributed by atoms with E-state index in [0.29, 0.717) is 13.2 Å². The minimum Gasteiger partial charge on any atom is -0.467 e. The van der Waals surface area contributed by atoms with Crippen molar-refractivity contribution in [1.82, 2.24) is 4.90 Å². The predicted octanol–water partition coefficient (Wildman–Crippen LogP) is 1.58. The molecule has 0 unspecified atom stereocenters. The van der Waals surface area contributed by atoms with Crippen LogP contribution >= 0.6 is 0 Å². The van der Waals surface area contributed by atoms with E-state index < -0.39 is 0 Å². The maximum absolute atomic E-state index is 11.7. The van der Waals surface area contributed by atoms with Crippen molar-refractivity contribution < 1.29 is 18.7 Å². The summed E-state index contributed by atoms with van der Waals surface area (Å²) in [5.41, 5.74) is 0. The Labute approximate surface area is 100 Å². The number of esters is 1. The molecule has 1 heterocycles. The lowest BCUT2D eigenvalue weighted by Gasteiger charge is -2.15. The summed E-state index contributed by atoms with van der Waals surface area (Å²) in [6, 6.07) is 3.57. The van der Waals surface area contributed by atoms with E-state index in [0.717, 1.165) is 5.76 Å². The van der Waals surface area contributed by atoms with Gasteiger partial charge in [0.25, 0.3) is 0 Å². The minimum atomic E-state index is -0.341. The summed E-state index contributed by atoms with van der Waals surface area (Å²) in [6.45, 7) is 2.49. The molecule has 1 aromatic heterocycles. The van der Waals surface area contributed by atoms with Gasteiger partial charge in [-0.2, -0.15) is 0 Å². The molecule has 0 atom stereocenters. The standard InChI is InChI=1S/C12H17NO4/c1-3-16-12(15)7-6-11(14)13(2)9-10-5-4-8-17-10/h4-5,8H,3,6-7,9H2,1-2H3. The van der Waals surface area contributed by atoms with E-state index in [1.807, 2.05) is 0 Å². The van der Waals surface area contributed by atoms with Crippen LogP contribution in [0.5, 0.6) is 0 Å². The number of carbonyl (C=O) groups is 2. The average molecular weight is 239 g/mol. The van der Waals surface area contributed by atoms with Crippen LogP contribution in [-0.2, 0) is 20.9 Å². The Hall–Kier alpha value is -1.78. The highest BCUT2D eigenvalue weighted by molar-refractivity contribution is 5.81. The van der Waals surface area contributed by atoms with Gasteiger partial charge in [0.2, 0.25) is 5.91 Å². The van der Waals surface area contributed by atoms with Crippen molar-refractivity contribution in [2.75, 3.05) is 13.7 Å². The van der Waals surface area contributed by atoms with Crippen molar-refractivity contribution in [2.24, 2.45) is 0 Å². The summed E-state index contributed by atoms with van der Waals surface area (Å²) in [4.78, 5) is 24.3. The van der Waals surface area contributed by atoms with Crippen LogP contribution in [-0.4, -0.2) is 30.4 Å². The molecule has 0 saturated carbocycles. The summed E-state index contributed by atoms with van der Waals surface area (Å²) in [5, 5.41) is 0. The van der Waals surface area contributed by atoms with Gasteiger partial charge in [0.15, 0.2) is 0 Å². The zero-order valence-electron chi connectivity index (χ0n) is 10.1. The fourth-order valence-electron chi connectivity index (χ4n) is 1.36. The quantitative estimate of drug-likeness (QED) is 0.707. The second kappa shape index (κ2) is 6.73. The van der Waals surface area contributed by atoms with Crippen molar-refractivity contribution in [1.29, 1.82) is 0 Å². The Morgan fingerprint density at radius 3 is 2.76 bits per heavy atom. The van der Waals surface area contributed by atoms with Crippen LogP contribution in [0.4, 0.5) is 0 Å². The highest BCUT2D eigenvalue weighted by Crippen LogP contribution is 2.06. The molecule has 0 N–H and O–H groups in total. The molecule has 0 aliphatic heterocycles. The third-order valence-electron chi connectivity index (χ3n) is 2.25. The molecule has 0 fully saturated rings. The SMILES string of the molecule is CCOC(=O)CCC(=O)N(C)Cc1ccco1. The Balaban J connectivity index is 2.29. The second-order valence-electron chi connectivity index (χ2n) is 3.63. The van der Waals surface area contributed by atoms with Gasteiger partial charge in [-0.25, -0.2) is 0 Å². The number of rotatable bonds is 6. The van der Waals surface area contributed by atoms with E-state index in [4.69, 9.17) is 9.15 Å². The summed E-state index contributed by atoms with van der Waals surface area (Å²) in [5.74, 6) is 0.277. The zero-order chi connectivity index (χ0) is 12.7. The van der Waals surface area contributed by atoms with Crippen LogP contribution in [0.15, 0.2) is 22.8 Å². The van der Waals surface area contributed by atoms with E-state index in [1.165, 1.54) is 4.90 Å². The van der Waals surface area contributed by atoms with Crippen LogP contribution in [0.1, 0.15) is 25.5 Å². The maximum Gasteiger partial charge on any atom is 0.306 e. The molecular weight excluding hydrogens is 222 g/mol. The van der Waals surface area contributed by atoms with Crippen LogP contribution < -0.4 is 0 Å². The molecule has 5 heteroatoms. The molecule has 0 aliphatic carbocycles. The highest BCUT2D eigenvalue weighted by Gasteiger charge is 2.13. The first kappa shape index (κ1) is 13.3. The van der Waals surface area contributed by atoms with Gasteiger partial charge >= 0.3 is 5.97 Å². The topological polar surface area (TPSA) is 59.8 Å². The van der Waals surface area contributed by atoms with Crippen molar-refractivity contribution >= 4 is 11.9 Å². The van der Waals surface area contributed by atoms with Gasteiger partial charge in [-0.05, 0) is 19.1 Å². The maximum atomic E-state index is 11.7. The number of nitrogens with zero attached hydrogens (tertiary/aromatic N) is 1. The van der Waals surface area contributed by atoms with Gasteiger partial charge in [-0.15, -0.1) is 0 Å². The first-order valence-corrected chi connectivity index (χ1v) is 5.55. The Morgan fingerprint density at radius 1 is 1.41 bits per heavy atom. The summed E-state index contributed by atoms with van der Waals surface area (Å²) in [7, 11) is 1.68. The Kier molecular flexibility index (Phi) is 5.26. The van der Waals surface area contributed by atoms with Crippen molar-refractivity contribution in [2.45, 2.75) is 26.3 Å². The molecule has 1 aromatic rings. The van der Waals surface area contributed by atoms with Gasteiger partial charge in [-0.1, -0.05) is 0 Å². The first-order valence-electron chi connectivity index (χ1n) is 5.55. The molecule has 17 heavy (non-hydrogen) atoms. The van der Waals surface area contributed by atoms with Crippen molar-refractivity contribution in [3.63, 3.8) is 0 Å². The Morgan fingerprint density at radius 2 is 2.18 bits per heavy atom. The van der Waals surface area contributed by atoms with E-state index in [1.54, 1.807) is 32.4 Å². The van der Waals surface area contributed by atoms with Crippen LogP contribution in [0, 0.1) is 0 Å². The van der Waals surface area contributed by atoms with Crippen LogP contribution in [0.3, 0.4) is 0 Å². The molecule has 1 rings (SSSR count). The summed E-state index contributed by atoms with van der Waals surface area (Å²) >= 11 is 0. The molecule has 0 spiro atoms. The minimum absolute atomic E-state index is 0.102. The van der Waals surface area contributed by atoms with Crippen LogP contribution in [0.2, 0.25) is 0 Å². The van der Waals surface area contributed by atoms with Crippen LogP contribution in [0.25, 0.3) is 0 Å². The van der Waals surface area contributed by atoms with E-state index in [2.05, 4.69) is 0 Å². The molecule has 94 valence electrons. The average Bonchev–Trinajstić information content (AvgIpc) is 2.79. The lowest BCUT2D eigenvalue weighted by Crippen LogP contribution is -2.26. The van der Waals surface area contributed by atoms with Gasteiger partial charge < -0.3 is 14.1 Å². The van der Waals surface area contributed by atoms with Gasteiger partial charge in [0, 0.05) is 13.5 Å². The molecule has 5 nitrogen and oxygen atoms in total. The molecule has 0 saturated heterocycles. The van der Waals surface area contributed by atoms with E-state index >= 15 is 0 Å². The smallest absolute Gasteiger partial charge is 0.306 e. The monoisotopic (exact) mass is 239 g/mol. The van der Waals surface area contributed by atoms with Gasteiger partial charge in [-0.3, -0.25) is 9.59 Å². The zero-order valence-corrected chi connectivity index (χ0v) is 10.1. The predicted molar refractivity (Wildman–Crippen MR) is 61.0 cm³/mol. The second-order valence-corrected chi connectivity index (χ2v) is 3.63. The number of ether oxygens (including phenoxy) is 1. The van der Waals surface area contributed by atoms with E-state index in [-0.39, 0.29) is 24.7 Å². The number of hydrogen-bond acceptors (Lipinski definition) is 4. The third kappa shape index (κ3) is 4.72. The first-order chi connectivity index (χ1) is 8.13. The number of furan rings is 1. The normalized spacial score (nSPS) is 10.0. The van der Waals surface area contributed by atoms with Gasteiger partial charge in [0.1, 0.15) is 5.76 Å². The fourth-order valence-corrected chi connectivity index (χ4v) is 1.36. The largest absolute Gasteiger partial charge is 0.467 e. The van der Waals surface area contributed by atoms with Crippen molar-refractivity contribution in [3.8, 4) is 0 Å². The summed E-state index contributed by atoms with van der Waals surface area (Å²) < 4.78 is 9.88. The Bertz CT molecular complexity index is 359. The third-order valence-corrected chi connectivity index (χ3v) is 2.25. The molecule has 0 bridgehead atoms. The molecular formula is C12H17NO4. The summed E-state index contributed by atoms with van der Waals surface area (Å²) in [6.07, 6.45) is 1.84. The van der Waals surface area contributed by atoms with E-state index in [9.17, 15) is 9.59 Å². The molecule has 0 aliphatic rings. The highest BCUT2D eigenvalue weighted by atomic mass is 16.5. The number of carbonyl (C=O) groups excluding carboxylic acids is 2. The van der Waals surface area contributed by atoms with Crippen molar-refractivity contribution in [3.05, 3.63) is 24.2 Å². The molecule has 1 amide bonds. The molecule has 0 aromatic carbocycles. The fraction of sp³-hybridized carbons (Fsp3) is 0.500. The number of amides is 1. The lowest BCUT2D eigenvalue weighted by molar-refractivity contribution is -0.145. The molecule has 0 radical (unpaired) electrons. The van der Waals surface area contributed by atoms with Gasteiger partial charge in [0.05, 0.1) is 25.8 Å². The lowest BCUT2D eigenvalue weighted by atomic mass is 10.2.